The van der Waals surface area contributed by atoms with Crippen molar-refractivity contribution in [3.63, 3.8) is 0 Å². The van der Waals surface area contributed by atoms with E-state index in [2.05, 4.69) is 6.92 Å². The van der Waals surface area contributed by atoms with Gasteiger partial charge < -0.3 is 5.11 Å². The summed E-state index contributed by atoms with van der Waals surface area (Å²) in [5, 5.41) is 8.51. The van der Waals surface area contributed by atoms with E-state index in [0.717, 1.165) is 51.4 Å². The van der Waals surface area contributed by atoms with Crippen LogP contribution in [0.4, 0.5) is 0 Å². The van der Waals surface area contributed by atoms with Crippen LogP contribution in [-0.2, 0) is 9.59 Å². The molecule has 0 saturated carbocycles. The van der Waals surface area contributed by atoms with Crippen molar-refractivity contribution < 1.29 is 14.7 Å². The number of unbranched alkanes of at least 4 members (excludes halogenated alkanes) is 10. The predicted molar refractivity (Wildman–Crippen MR) is 94.7 cm³/mol. The van der Waals surface area contributed by atoms with Gasteiger partial charge in [0, 0.05) is 19.3 Å². The number of Topliss-reactive ketones (excluding diaryl/α,β-unsaturated/α-hetero) is 1. The number of carboxylic acid groups (broad SMARTS) is 1. The monoisotopic (exact) mass is 306 g/mol. The molecule has 126 valence electrons. The molecule has 0 rings (SSSR count). The Labute approximate surface area is 148 Å². The van der Waals surface area contributed by atoms with Gasteiger partial charge in [0.05, 0.1) is 0 Å². The third-order valence-corrected chi connectivity index (χ3v) is 3.91. The van der Waals surface area contributed by atoms with Crippen molar-refractivity contribution in [2.45, 2.75) is 103 Å². The van der Waals surface area contributed by atoms with Gasteiger partial charge in [0.25, 0.3) is 0 Å². The maximum atomic E-state index is 11.6. The summed E-state index contributed by atoms with van der Waals surface area (Å²) in [4.78, 5) is 22.0. The van der Waals surface area contributed by atoms with Crippen LogP contribution in [0.5, 0.6) is 0 Å². The van der Waals surface area contributed by atoms with E-state index in [4.69, 9.17) is 5.11 Å². The Balaban J connectivity index is 0. The van der Waals surface area contributed by atoms with Crippen LogP contribution in [0.3, 0.4) is 0 Å². The molecule has 0 aromatic heterocycles. The van der Waals surface area contributed by atoms with Crippen LogP contribution in [0.2, 0.25) is 0 Å². The van der Waals surface area contributed by atoms with Gasteiger partial charge in [0.15, 0.2) is 0 Å². The second-order valence-corrected chi connectivity index (χ2v) is 6.07. The molecule has 0 amide bonds. The summed E-state index contributed by atoms with van der Waals surface area (Å²) in [5.41, 5.74) is 0. The molecule has 0 unspecified atom stereocenters. The first-order valence-corrected chi connectivity index (χ1v) is 8.90. The molecule has 3 nitrogen and oxygen atoms in total. The van der Waals surface area contributed by atoms with Crippen LogP contribution in [0.25, 0.3) is 0 Å². The molecule has 0 atom stereocenters. The quantitative estimate of drug-likeness (QED) is 0.327. The van der Waals surface area contributed by atoms with E-state index in [-0.39, 0.29) is 18.9 Å². The number of carboxylic acids is 1. The molecule has 0 heterocycles. The van der Waals surface area contributed by atoms with Crippen LogP contribution in [0.1, 0.15) is 103 Å². The van der Waals surface area contributed by atoms with Crippen molar-refractivity contribution in [3.05, 3.63) is 0 Å². The summed E-state index contributed by atoms with van der Waals surface area (Å²) in [5.74, 6) is -0.242. The zero-order chi connectivity index (χ0) is 15.8. The Kier molecular flexibility index (Phi) is 20.5. The van der Waals surface area contributed by atoms with Gasteiger partial charge in [0.1, 0.15) is 5.78 Å². The van der Waals surface area contributed by atoms with E-state index in [9.17, 15) is 9.59 Å². The zero-order valence-corrected chi connectivity index (χ0v) is 13.9. The van der Waals surface area contributed by atoms with Gasteiger partial charge in [-0.25, -0.2) is 0 Å². The summed E-state index contributed by atoms with van der Waals surface area (Å²) in [6.07, 6.45) is 15.4. The normalized spacial score (nSPS) is 10.2. The summed E-state index contributed by atoms with van der Waals surface area (Å²) < 4.78 is 0. The Morgan fingerprint density at radius 1 is 0.636 bits per heavy atom. The molecule has 0 aliphatic heterocycles. The number of carbonyl (C=O) groups excluding carboxylic acids is 1. The fourth-order valence-electron chi connectivity index (χ4n) is 2.53. The Morgan fingerprint density at radius 3 is 1.41 bits per heavy atom. The molecule has 0 spiro atoms. The molecule has 0 aliphatic rings. The van der Waals surface area contributed by atoms with E-state index in [1.807, 2.05) is 0 Å². The zero-order valence-electron chi connectivity index (χ0n) is 13.9. The van der Waals surface area contributed by atoms with E-state index < -0.39 is 5.97 Å². The molecular formula is C18H35LiO3. The number of aliphatic carboxylic acids is 1. The van der Waals surface area contributed by atoms with Gasteiger partial charge in [-0.2, -0.15) is 0 Å². The Hall–Kier alpha value is -0.263. The average Bonchev–Trinajstić information content (AvgIpc) is 2.45. The summed E-state index contributed by atoms with van der Waals surface area (Å²) >= 11 is 0. The van der Waals surface area contributed by atoms with Crippen molar-refractivity contribution in [1.29, 1.82) is 0 Å². The Morgan fingerprint density at radius 2 is 1.00 bits per heavy atom. The van der Waals surface area contributed by atoms with E-state index in [0.29, 0.717) is 12.2 Å². The first-order chi connectivity index (χ1) is 10.2. The molecule has 0 bridgehead atoms. The van der Waals surface area contributed by atoms with Gasteiger partial charge in [0.2, 0.25) is 0 Å². The molecule has 0 aliphatic carbocycles. The van der Waals surface area contributed by atoms with E-state index >= 15 is 0 Å². The molecule has 4 heteroatoms. The summed E-state index contributed by atoms with van der Waals surface area (Å²) in [6, 6.07) is 0. The van der Waals surface area contributed by atoms with Crippen LogP contribution in [0.15, 0.2) is 0 Å². The molecule has 1 N–H and O–H groups in total. The van der Waals surface area contributed by atoms with Gasteiger partial charge in [-0.05, 0) is 19.3 Å². The number of rotatable bonds is 16. The third kappa shape index (κ3) is 19.7. The van der Waals surface area contributed by atoms with E-state index in [1.165, 1.54) is 38.5 Å². The number of hydrogen-bond acceptors (Lipinski definition) is 2. The maximum absolute atomic E-state index is 11.6. The number of carbonyl (C=O) groups is 2. The van der Waals surface area contributed by atoms with Gasteiger partial charge in [-0.3, -0.25) is 9.59 Å². The number of ketones is 1. The second-order valence-electron chi connectivity index (χ2n) is 6.07. The van der Waals surface area contributed by atoms with Gasteiger partial charge in [-0.15, -0.1) is 0 Å². The van der Waals surface area contributed by atoms with Crippen molar-refractivity contribution in [2.24, 2.45) is 0 Å². The molecular weight excluding hydrogens is 271 g/mol. The van der Waals surface area contributed by atoms with Crippen molar-refractivity contribution in [1.82, 2.24) is 0 Å². The second kappa shape index (κ2) is 18.8. The third-order valence-electron chi connectivity index (χ3n) is 3.91. The SMILES string of the molecule is CCCCCCC(=O)CCCCCCCCCCC(=O)O.[LiH]. The molecule has 0 saturated heterocycles. The first kappa shape index (κ1) is 24.0. The fraction of sp³-hybridized carbons (Fsp3) is 0.889. The van der Waals surface area contributed by atoms with E-state index in [1.54, 1.807) is 0 Å². The predicted octanol–water partition coefficient (Wildman–Crippen LogP) is 4.86. The van der Waals surface area contributed by atoms with Crippen LogP contribution < -0.4 is 0 Å². The molecule has 22 heavy (non-hydrogen) atoms. The van der Waals surface area contributed by atoms with Crippen molar-refractivity contribution in [3.8, 4) is 0 Å². The van der Waals surface area contributed by atoms with Crippen LogP contribution in [0, 0.1) is 0 Å². The summed E-state index contributed by atoms with van der Waals surface area (Å²) in [6.45, 7) is 2.19. The first-order valence-electron chi connectivity index (χ1n) is 8.90. The number of hydrogen-bond donors (Lipinski definition) is 1. The topological polar surface area (TPSA) is 54.4 Å². The minimum atomic E-state index is -0.686. The van der Waals surface area contributed by atoms with Gasteiger partial charge >= 0.3 is 24.8 Å². The summed E-state index contributed by atoms with van der Waals surface area (Å²) in [7, 11) is 0. The Bertz CT molecular complexity index is 267. The molecule has 0 aromatic rings. The molecule has 0 radical (unpaired) electrons. The molecule has 0 fully saturated rings. The van der Waals surface area contributed by atoms with Gasteiger partial charge in [-0.1, -0.05) is 64.7 Å². The minimum absolute atomic E-state index is 0. The van der Waals surface area contributed by atoms with Crippen LogP contribution in [-0.4, -0.2) is 35.7 Å². The fourth-order valence-corrected chi connectivity index (χ4v) is 2.53. The standard InChI is InChI=1S/C18H34O3.Li.H/c1-2-3-4-11-14-17(19)15-12-9-7-5-6-8-10-13-16-18(20)21;;/h2-16H2,1H3,(H,20,21);;. The molecule has 0 aromatic carbocycles. The van der Waals surface area contributed by atoms with Crippen molar-refractivity contribution in [2.75, 3.05) is 0 Å². The van der Waals surface area contributed by atoms with Crippen molar-refractivity contribution >= 4 is 30.6 Å². The van der Waals surface area contributed by atoms with Crippen LogP contribution >= 0.6 is 0 Å². The average molecular weight is 306 g/mol.